The van der Waals surface area contributed by atoms with Gasteiger partial charge in [-0.2, -0.15) is 0 Å². The summed E-state index contributed by atoms with van der Waals surface area (Å²) in [5, 5.41) is 18.5. The molecule has 0 radical (unpaired) electrons. The minimum atomic E-state index is -0.376. The van der Waals surface area contributed by atoms with E-state index in [9.17, 15) is 9.90 Å². The Bertz CT molecular complexity index is 418. The monoisotopic (exact) mass is 335 g/mol. The van der Waals surface area contributed by atoms with Crippen LogP contribution < -0.4 is 0 Å². The van der Waals surface area contributed by atoms with Gasteiger partial charge < -0.3 is 10.5 Å². The Hall–Kier alpha value is -0.700. The van der Waals surface area contributed by atoms with Gasteiger partial charge in [-0.25, -0.2) is 0 Å². The summed E-state index contributed by atoms with van der Waals surface area (Å²) in [6.45, 7) is 4.25. The number of Topliss-reactive ketones (excluding diaryl/α,β-unsaturated/α-hetero) is 1. The van der Waals surface area contributed by atoms with Crippen LogP contribution in [0.15, 0.2) is 0 Å². The second-order valence-electron chi connectivity index (χ2n) is 8.31. The molecule has 138 valence electrons. The molecule has 0 bridgehead atoms. The zero-order valence-electron chi connectivity index (χ0n) is 15.7. The maximum Gasteiger partial charge on any atom is 0.179 e. The Morgan fingerprint density at radius 1 is 1.12 bits per heavy atom. The lowest BCUT2D eigenvalue weighted by Gasteiger charge is -2.40. The second kappa shape index (κ2) is 9.70. The lowest BCUT2D eigenvalue weighted by atomic mass is 9.64. The van der Waals surface area contributed by atoms with Gasteiger partial charge in [-0.3, -0.25) is 4.79 Å². The van der Waals surface area contributed by atoms with E-state index in [1.807, 2.05) is 0 Å². The first kappa shape index (κ1) is 19.6. The summed E-state index contributed by atoms with van der Waals surface area (Å²) in [6.07, 6.45) is 12.4. The lowest BCUT2D eigenvalue weighted by molar-refractivity contribution is -0.120. The molecule has 0 heterocycles. The molecule has 0 amide bonds. The fourth-order valence-corrected chi connectivity index (χ4v) is 4.91. The van der Waals surface area contributed by atoms with Gasteiger partial charge in [-0.1, -0.05) is 58.8 Å². The third-order valence-corrected chi connectivity index (χ3v) is 6.57. The van der Waals surface area contributed by atoms with Crippen molar-refractivity contribution in [2.75, 3.05) is 0 Å². The third kappa shape index (κ3) is 5.15. The Balaban J connectivity index is 1.82. The number of aliphatic hydroxyl groups is 1. The van der Waals surface area contributed by atoms with E-state index in [0.717, 1.165) is 38.0 Å². The number of carbonyl (C=O) groups excluding carboxylic acids is 1. The minimum Gasteiger partial charge on any atom is -0.393 e. The number of rotatable bonds is 9. The molecule has 24 heavy (non-hydrogen) atoms. The summed E-state index contributed by atoms with van der Waals surface area (Å²) in [4.78, 5) is 12.8. The van der Waals surface area contributed by atoms with Crippen molar-refractivity contribution in [1.29, 1.82) is 5.41 Å². The normalized spacial score (nSPS) is 29.5. The number of hydrogen-bond donors (Lipinski definition) is 2. The van der Waals surface area contributed by atoms with Gasteiger partial charge in [0, 0.05) is 5.92 Å². The molecule has 2 rings (SSSR count). The molecule has 0 spiro atoms. The summed E-state index contributed by atoms with van der Waals surface area (Å²) in [5.74, 6) is 1.74. The molecule has 0 aromatic rings. The van der Waals surface area contributed by atoms with Crippen LogP contribution in [-0.4, -0.2) is 22.7 Å². The van der Waals surface area contributed by atoms with Crippen LogP contribution in [0.5, 0.6) is 0 Å². The molecule has 5 atom stereocenters. The molecule has 0 aromatic carbocycles. The molecule has 5 unspecified atom stereocenters. The van der Waals surface area contributed by atoms with Gasteiger partial charge in [0.15, 0.2) is 5.78 Å². The van der Waals surface area contributed by atoms with E-state index in [1.54, 1.807) is 0 Å². The smallest absolute Gasteiger partial charge is 0.179 e. The zero-order chi connectivity index (χ0) is 17.5. The van der Waals surface area contributed by atoms with Crippen LogP contribution in [0.2, 0.25) is 0 Å². The van der Waals surface area contributed by atoms with E-state index < -0.39 is 0 Å². The first-order valence-corrected chi connectivity index (χ1v) is 10.3. The summed E-state index contributed by atoms with van der Waals surface area (Å²) in [7, 11) is 0. The van der Waals surface area contributed by atoms with Crippen LogP contribution in [0.25, 0.3) is 0 Å². The van der Waals surface area contributed by atoms with Crippen molar-refractivity contribution in [3.05, 3.63) is 0 Å². The molecule has 3 nitrogen and oxygen atoms in total. The fraction of sp³-hybridized carbons (Fsp3) is 0.905. The molecule has 2 fully saturated rings. The summed E-state index contributed by atoms with van der Waals surface area (Å²) < 4.78 is 0. The van der Waals surface area contributed by atoms with E-state index in [4.69, 9.17) is 5.41 Å². The van der Waals surface area contributed by atoms with Gasteiger partial charge in [-0.15, -0.1) is 0 Å². The topological polar surface area (TPSA) is 61.1 Å². The summed E-state index contributed by atoms with van der Waals surface area (Å²) in [6, 6.07) is 0. The Morgan fingerprint density at radius 3 is 2.58 bits per heavy atom. The van der Waals surface area contributed by atoms with Gasteiger partial charge in [0.05, 0.1) is 11.8 Å². The third-order valence-electron chi connectivity index (χ3n) is 6.57. The number of fused-ring (bicyclic) bond motifs is 1. The summed E-state index contributed by atoms with van der Waals surface area (Å²) >= 11 is 0. The largest absolute Gasteiger partial charge is 0.393 e. The van der Waals surface area contributed by atoms with Crippen LogP contribution in [0.3, 0.4) is 0 Å². The molecular formula is C21H37NO2. The van der Waals surface area contributed by atoms with Crippen LogP contribution in [0.4, 0.5) is 0 Å². The predicted molar refractivity (Wildman–Crippen MR) is 99.5 cm³/mol. The highest BCUT2D eigenvalue weighted by atomic mass is 16.3. The van der Waals surface area contributed by atoms with Gasteiger partial charge in [0.25, 0.3) is 0 Å². The van der Waals surface area contributed by atoms with Crippen molar-refractivity contribution < 1.29 is 9.90 Å². The molecule has 0 aromatic heterocycles. The highest BCUT2D eigenvalue weighted by molar-refractivity contribution is 6.39. The maximum absolute atomic E-state index is 12.8. The molecule has 3 heteroatoms. The molecule has 2 N–H and O–H groups in total. The second-order valence-corrected chi connectivity index (χ2v) is 8.31. The quantitative estimate of drug-likeness (QED) is 0.572. The minimum absolute atomic E-state index is 0.0972. The molecule has 0 aliphatic heterocycles. The number of aliphatic hydroxyl groups excluding tert-OH is 1. The van der Waals surface area contributed by atoms with E-state index in [0.29, 0.717) is 18.8 Å². The Labute approximate surface area is 148 Å². The summed E-state index contributed by atoms with van der Waals surface area (Å²) in [5.41, 5.74) is 0.271. The van der Waals surface area contributed by atoms with E-state index >= 15 is 0 Å². The predicted octanol–water partition coefficient (Wildman–Crippen LogP) is 5.15. The van der Waals surface area contributed by atoms with Crippen molar-refractivity contribution in [2.45, 2.75) is 97.0 Å². The number of ketones is 1. The number of nitrogens with one attached hydrogen (secondary N) is 1. The number of unbranched alkanes of at least 4 members (excludes halogenated alkanes) is 1. The van der Waals surface area contributed by atoms with Crippen LogP contribution in [0, 0.1) is 29.1 Å². The fourth-order valence-electron chi connectivity index (χ4n) is 4.91. The van der Waals surface area contributed by atoms with Crippen molar-refractivity contribution in [1.82, 2.24) is 0 Å². The van der Waals surface area contributed by atoms with Crippen molar-refractivity contribution >= 4 is 11.5 Å². The number of hydrogen-bond acceptors (Lipinski definition) is 3. The average molecular weight is 336 g/mol. The Morgan fingerprint density at radius 2 is 1.83 bits per heavy atom. The van der Waals surface area contributed by atoms with E-state index in [-0.39, 0.29) is 29.4 Å². The average Bonchev–Trinajstić information content (AvgIpc) is 2.62. The molecule has 2 aliphatic carbocycles. The van der Waals surface area contributed by atoms with Crippen LogP contribution in [-0.2, 0) is 4.79 Å². The highest BCUT2D eigenvalue weighted by Gasteiger charge is 2.39. The van der Waals surface area contributed by atoms with Crippen LogP contribution in [0.1, 0.15) is 90.9 Å². The van der Waals surface area contributed by atoms with Crippen molar-refractivity contribution in [3.8, 4) is 0 Å². The SMILES string of the molecule is CCCCC(C)C(O)CCC(=N)C(=O)C1CCCC2CCCCC21. The van der Waals surface area contributed by atoms with Crippen molar-refractivity contribution in [3.63, 3.8) is 0 Å². The lowest BCUT2D eigenvalue weighted by Crippen LogP contribution is -2.38. The van der Waals surface area contributed by atoms with E-state index in [1.165, 1.54) is 32.1 Å². The van der Waals surface area contributed by atoms with E-state index in [2.05, 4.69) is 13.8 Å². The molecule has 2 aliphatic rings. The molecular weight excluding hydrogens is 298 g/mol. The zero-order valence-corrected chi connectivity index (χ0v) is 15.7. The van der Waals surface area contributed by atoms with Gasteiger partial charge >= 0.3 is 0 Å². The first-order chi connectivity index (χ1) is 11.5. The number of carbonyl (C=O) groups is 1. The first-order valence-electron chi connectivity index (χ1n) is 10.3. The Kier molecular flexibility index (Phi) is 7.93. The van der Waals surface area contributed by atoms with Gasteiger partial charge in [0.1, 0.15) is 0 Å². The molecule has 2 saturated carbocycles. The van der Waals surface area contributed by atoms with Gasteiger partial charge in [-0.05, 0) is 49.9 Å². The van der Waals surface area contributed by atoms with Gasteiger partial charge in [0.2, 0.25) is 0 Å². The molecule has 0 saturated heterocycles. The van der Waals surface area contributed by atoms with Crippen LogP contribution >= 0.6 is 0 Å². The maximum atomic E-state index is 12.8. The van der Waals surface area contributed by atoms with Crippen molar-refractivity contribution in [2.24, 2.45) is 23.7 Å². The standard InChI is InChI=1S/C21H37NO2/c1-3-4-8-15(2)20(23)14-13-19(22)21(24)18-12-7-10-16-9-5-6-11-17(16)18/h15-18,20,22-23H,3-14H2,1-2H3. The highest BCUT2D eigenvalue weighted by Crippen LogP contribution is 2.44.